The molecule has 1 unspecified atom stereocenters. The van der Waals surface area contributed by atoms with Crippen molar-refractivity contribution in [3.8, 4) is 0 Å². The molecule has 0 aromatic carbocycles. The Morgan fingerprint density at radius 1 is 1.37 bits per heavy atom. The van der Waals surface area contributed by atoms with Crippen molar-refractivity contribution < 1.29 is 18.3 Å². The number of amides is 1. The van der Waals surface area contributed by atoms with Crippen LogP contribution in [0.2, 0.25) is 0 Å². The summed E-state index contributed by atoms with van der Waals surface area (Å²) in [5, 5.41) is 11.3. The summed E-state index contributed by atoms with van der Waals surface area (Å²) in [6.45, 7) is 2.07. The van der Waals surface area contributed by atoms with Crippen LogP contribution in [0.15, 0.2) is 0 Å². The van der Waals surface area contributed by atoms with Crippen LogP contribution in [0.5, 0.6) is 0 Å². The molecule has 0 aliphatic heterocycles. The normalized spacial score (nSPS) is 13.2. The second-order valence-corrected chi connectivity index (χ2v) is 7.11. The van der Waals surface area contributed by atoms with Crippen molar-refractivity contribution in [3.05, 3.63) is 0 Å². The van der Waals surface area contributed by atoms with Crippen LogP contribution >= 0.6 is 11.8 Å². The SMILES string of the molecule is CCS(=O)(=O)NC(CCSC)C(=O)NCCCCO. The van der Waals surface area contributed by atoms with Crippen molar-refractivity contribution in [2.24, 2.45) is 0 Å². The van der Waals surface area contributed by atoms with E-state index in [4.69, 9.17) is 5.11 Å². The van der Waals surface area contributed by atoms with Crippen molar-refractivity contribution in [3.63, 3.8) is 0 Å². The van der Waals surface area contributed by atoms with Crippen LogP contribution in [-0.4, -0.2) is 56.4 Å². The van der Waals surface area contributed by atoms with Crippen LogP contribution in [0.1, 0.15) is 26.2 Å². The Labute approximate surface area is 119 Å². The Morgan fingerprint density at radius 2 is 2.05 bits per heavy atom. The van der Waals surface area contributed by atoms with E-state index in [2.05, 4.69) is 10.0 Å². The van der Waals surface area contributed by atoms with E-state index in [1.54, 1.807) is 11.8 Å². The zero-order valence-electron chi connectivity index (χ0n) is 11.5. The molecular formula is C11H24N2O4S2. The van der Waals surface area contributed by atoms with Gasteiger partial charge in [0.15, 0.2) is 0 Å². The van der Waals surface area contributed by atoms with Crippen molar-refractivity contribution >= 4 is 27.7 Å². The van der Waals surface area contributed by atoms with Gasteiger partial charge in [-0.1, -0.05) is 0 Å². The molecule has 1 amide bonds. The highest BCUT2D eigenvalue weighted by molar-refractivity contribution is 7.98. The molecule has 0 aliphatic rings. The van der Waals surface area contributed by atoms with Gasteiger partial charge < -0.3 is 10.4 Å². The number of aliphatic hydroxyl groups is 1. The molecule has 0 rings (SSSR count). The number of unbranched alkanes of at least 4 members (excludes halogenated alkanes) is 1. The number of carbonyl (C=O) groups is 1. The molecule has 0 fully saturated rings. The molecule has 8 heteroatoms. The summed E-state index contributed by atoms with van der Waals surface area (Å²) in [5.74, 6) is 0.366. The number of aliphatic hydroxyl groups excluding tert-OH is 1. The summed E-state index contributed by atoms with van der Waals surface area (Å²) in [4.78, 5) is 11.9. The predicted octanol–water partition coefficient (Wildman–Crippen LogP) is -0.0639. The van der Waals surface area contributed by atoms with Gasteiger partial charge in [0.1, 0.15) is 6.04 Å². The highest BCUT2D eigenvalue weighted by Gasteiger charge is 2.22. The lowest BCUT2D eigenvalue weighted by Crippen LogP contribution is -2.47. The standard InChI is InChI=1S/C11H24N2O4S2/c1-3-19(16,17)13-10(6-9-18-2)11(15)12-7-4-5-8-14/h10,13-14H,3-9H2,1-2H3,(H,12,15). The fourth-order valence-corrected chi connectivity index (χ4v) is 2.65. The lowest BCUT2D eigenvalue weighted by molar-refractivity contribution is -0.122. The van der Waals surface area contributed by atoms with E-state index in [0.717, 1.165) is 0 Å². The first-order valence-corrected chi connectivity index (χ1v) is 9.39. The minimum atomic E-state index is -3.39. The van der Waals surface area contributed by atoms with Crippen molar-refractivity contribution in [1.82, 2.24) is 10.0 Å². The van der Waals surface area contributed by atoms with Gasteiger partial charge >= 0.3 is 0 Å². The second-order valence-electron chi connectivity index (χ2n) is 4.08. The molecule has 0 heterocycles. The lowest BCUT2D eigenvalue weighted by atomic mass is 10.2. The molecule has 3 N–H and O–H groups in total. The van der Waals surface area contributed by atoms with Gasteiger partial charge in [-0.3, -0.25) is 4.79 Å². The number of hydrogen-bond acceptors (Lipinski definition) is 5. The third kappa shape index (κ3) is 9.26. The molecule has 0 saturated heterocycles. The fourth-order valence-electron chi connectivity index (χ4n) is 1.35. The van der Waals surface area contributed by atoms with Gasteiger partial charge in [0.25, 0.3) is 0 Å². The summed E-state index contributed by atoms with van der Waals surface area (Å²) >= 11 is 1.57. The van der Waals surface area contributed by atoms with E-state index >= 15 is 0 Å². The minimum absolute atomic E-state index is 0.0411. The van der Waals surface area contributed by atoms with Gasteiger partial charge in [0.2, 0.25) is 15.9 Å². The lowest BCUT2D eigenvalue weighted by Gasteiger charge is -2.17. The monoisotopic (exact) mass is 312 g/mol. The number of rotatable bonds is 11. The fraction of sp³-hybridized carbons (Fsp3) is 0.909. The van der Waals surface area contributed by atoms with Crippen LogP contribution in [0.3, 0.4) is 0 Å². The van der Waals surface area contributed by atoms with Gasteiger partial charge in [0, 0.05) is 13.2 Å². The van der Waals surface area contributed by atoms with E-state index in [0.29, 0.717) is 31.6 Å². The third-order valence-electron chi connectivity index (χ3n) is 2.51. The number of sulfonamides is 1. The average Bonchev–Trinajstić information content (AvgIpc) is 2.39. The van der Waals surface area contributed by atoms with Crippen molar-refractivity contribution in [2.45, 2.75) is 32.2 Å². The summed E-state index contributed by atoms with van der Waals surface area (Å²) in [6.07, 6.45) is 3.67. The van der Waals surface area contributed by atoms with E-state index in [9.17, 15) is 13.2 Å². The van der Waals surface area contributed by atoms with Crippen LogP contribution in [-0.2, 0) is 14.8 Å². The highest BCUT2D eigenvalue weighted by Crippen LogP contribution is 2.03. The van der Waals surface area contributed by atoms with E-state index in [-0.39, 0.29) is 18.3 Å². The molecule has 0 aliphatic carbocycles. The van der Waals surface area contributed by atoms with Gasteiger partial charge in [-0.2, -0.15) is 11.8 Å². The first-order chi connectivity index (χ1) is 8.96. The molecule has 0 radical (unpaired) electrons. The second kappa shape index (κ2) is 10.5. The maximum absolute atomic E-state index is 11.9. The van der Waals surface area contributed by atoms with E-state index < -0.39 is 16.1 Å². The molecule has 0 aromatic heterocycles. The maximum Gasteiger partial charge on any atom is 0.238 e. The third-order valence-corrected chi connectivity index (χ3v) is 4.56. The Kier molecular flexibility index (Phi) is 10.3. The molecule has 1 atom stereocenters. The molecule has 0 aromatic rings. The molecule has 0 spiro atoms. The molecule has 0 saturated carbocycles. The van der Waals surface area contributed by atoms with Crippen LogP contribution in [0.4, 0.5) is 0 Å². The topological polar surface area (TPSA) is 95.5 Å². The molecule has 0 bridgehead atoms. The molecular weight excluding hydrogens is 288 g/mol. The largest absolute Gasteiger partial charge is 0.396 e. The van der Waals surface area contributed by atoms with Gasteiger partial charge in [-0.15, -0.1) is 0 Å². The van der Waals surface area contributed by atoms with Gasteiger partial charge in [-0.05, 0) is 38.2 Å². The first kappa shape index (κ1) is 18.7. The van der Waals surface area contributed by atoms with Crippen molar-refractivity contribution in [2.75, 3.05) is 30.9 Å². The first-order valence-electron chi connectivity index (χ1n) is 6.34. The number of thioether (sulfide) groups is 1. The minimum Gasteiger partial charge on any atom is -0.396 e. The molecule has 19 heavy (non-hydrogen) atoms. The highest BCUT2D eigenvalue weighted by atomic mass is 32.2. The summed E-state index contributed by atoms with van der Waals surface area (Å²) in [5.41, 5.74) is 0. The van der Waals surface area contributed by atoms with Crippen LogP contribution in [0.25, 0.3) is 0 Å². The molecule has 6 nitrogen and oxygen atoms in total. The smallest absolute Gasteiger partial charge is 0.238 e. The maximum atomic E-state index is 11.9. The number of hydrogen-bond donors (Lipinski definition) is 3. The van der Waals surface area contributed by atoms with Crippen molar-refractivity contribution in [1.29, 1.82) is 0 Å². The van der Waals surface area contributed by atoms with Crippen LogP contribution in [0, 0.1) is 0 Å². The number of nitrogens with one attached hydrogen (secondary N) is 2. The summed E-state index contributed by atoms with van der Waals surface area (Å²) < 4.78 is 25.5. The molecule has 114 valence electrons. The quantitative estimate of drug-likeness (QED) is 0.464. The Hall–Kier alpha value is -0.310. The Balaban J connectivity index is 4.35. The average molecular weight is 312 g/mol. The Bertz CT molecular complexity index is 347. The zero-order chi connectivity index (χ0) is 14.7. The van der Waals surface area contributed by atoms with Crippen LogP contribution < -0.4 is 10.0 Å². The van der Waals surface area contributed by atoms with Gasteiger partial charge in [0.05, 0.1) is 5.75 Å². The zero-order valence-corrected chi connectivity index (χ0v) is 13.1. The Morgan fingerprint density at radius 3 is 2.58 bits per heavy atom. The summed E-state index contributed by atoms with van der Waals surface area (Å²) in [6, 6.07) is -0.716. The number of carbonyl (C=O) groups excluding carboxylic acids is 1. The summed E-state index contributed by atoms with van der Waals surface area (Å²) in [7, 11) is -3.39. The van der Waals surface area contributed by atoms with Gasteiger partial charge in [-0.25, -0.2) is 13.1 Å². The predicted molar refractivity (Wildman–Crippen MR) is 78.7 cm³/mol. The van der Waals surface area contributed by atoms with E-state index in [1.807, 2.05) is 6.26 Å². The van der Waals surface area contributed by atoms with E-state index in [1.165, 1.54) is 6.92 Å².